The second-order valence-corrected chi connectivity index (χ2v) is 6.21. The van der Waals surface area contributed by atoms with Gasteiger partial charge in [0.2, 0.25) is 0 Å². The lowest BCUT2D eigenvalue weighted by molar-refractivity contribution is 0.299. The third-order valence-electron chi connectivity index (χ3n) is 2.25. The van der Waals surface area contributed by atoms with Crippen molar-refractivity contribution in [1.29, 1.82) is 0 Å². The minimum Gasteiger partial charge on any atom is -0.494 e. The summed E-state index contributed by atoms with van der Waals surface area (Å²) in [5, 5.41) is 8.75. The quantitative estimate of drug-likeness (QED) is 0.742. The first-order valence-corrected chi connectivity index (χ1v) is 7.57. The lowest BCUT2D eigenvalue weighted by Crippen LogP contribution is -2.07. The fourth-order valence-corrected chi connectivity index (χ4v) is 2.03. The predicted molar refractivity (Wildman–Crippen MR) is 67.1 cm³/mol. The average Bonchev–Trinajstić information content (AvgIpc) is 2.26. The summed E-state index contributed by atoms with van der Waals surface area (Å²) in [6.07, 6.45) is 2.35. The number of aliphatic hydroxyl groups is 1. The lowest BCUT2D eigenvalue weighted by atomic mass is 10.1. The molecule has 1 rings (SSSR count). The third-order valence-corrected chi connectivity index (χ3v) is 3.28. The molecule has 1 aromatic rings. The molecule has 0 aliphatic carbocycles. The maximum Gasteiger partial charge on any atom is 0.147 e. The van der Waals surface area contributed by atoms with Gasteiger partial charge in [-0.1, -0.05) is 12.1 Å². The molecular weight excluding hydrogens is 240 g/mol. The highest BCUT2D eigenvalue weighted by atomic mass is 32.2. The van der Waals surface area contributed by atoms with Crippen molar-refractivity contribution in [2.45, 2.75) is 12.8 Å². The Balaban J connectivity index is 2.32. The molecule has 0 aliphatic heterocycles. The van der Waals surface area contributed by atoms with Crippen LogP contribution in [-0.4, -0.2) is 38.7 Å². The maximum absolute atomic E-state index is 10.9. The van der Waals surface area contributed by atoms with Crippen molar-refractivity contribution >= 4 is 9.84 Å². The van der Waals surface area contributed by atoms with E-state index in [1.165, 1.54) is 6.26 Å². The van der Waals surface area contributed by atoms with Crippen LogP contribution in [-0.2, 0) is 16.3 Å². The van der Waals surface area contributed by atoms with Crippen molar-refractivity contribution in [1.82, 2.24) is 0 Å². The van der Waals surface area contributed by atoms with Crippen molar-refractivity contribution in [2.75, 3.05) is 25.2 Å². The molecule has 0 saturated heterocycles. The molecule has 0 aromatic heterocycles. The molecule has 0 saturated carbocycles. The van der Waals surface area contributed by atoms with Gasteiger partial charge in [-0.25, -0.2) is 8.42 Å². The smallest absolute Gasteiger partial charge is 0.147 e. The van der Waals surface area contributed by atoms with Gasteiger partial charge in [0.25, 0.3) is 0 Å². The molecule has 4 nitrogen and oxygen atoms in total. The second-order valence-electron chi connectivity index (χ2n) is 3.95. The Morgan fingerprint density at radius 1 is 1.24 bits per heavy atom. The summed E-state index contributed by atoms with van der Waals surface area (Å²) < 4.78 is 27.2. The van der Waals surface area contributed by atoms with Crippen LogP contribution in [0.15, 0.2) is 24.3 Å². The molecule has 0 aliphatic rings. The molecule has 96 valence electrons. The van der Waals surface area contributed by atoms with Crippen LogP contribution in [0.5, 0.6) is 5.75 Å². The summed E-state index contributed by atoms with van der Waals surface area (Å²) in [5.74, 6) is 0.871. The van der Waals surface area contributed by atoms with E-state index in [1.807, 2.05) is 24.3 Å². The monoisotopic (exact) mass is 258 g/mol. The third kappa shape index (κ3) is 6.28. The number of benzene rings is 1. The first-order chi connectivity index (χ1) is 8.01. The Morgan fingerprint density at radius 3 is 2.41 bits per heavy atom. The van der Waals surface area contributed by atoms with Gasteiger partial charge in [0, 0.05) is 12.9 Å². The predicted octanol–water partition coefficient (Wildman–Crippen LogP) is 1.03. The molecular formula is C12H18O4S. The highest BCUT2D eigenvalue weighted by molar-refractivity contribution is 7.90. The van der Waals surface area contributed by atoms with Gasteiger partial charge in [-0.05, 0) is 30.5 Å². The Bertz CT molecular complexity index is 422. The molecule has 0 radical (unpaired) electrons. The standard InChI is InChI=1S/C12H18O4S/c1-17(14,15)10-2-9-16-12-5-3-11(4-6-12)7-8-13/h3-6,13H,2,7-10H2,1H3. The summed E-state index contributed by atoms with van der Waals surface area (Å²) in [6.45, 7) is 0.529. The summed E-state index contributed by atoms with van der Waals surface area (Å²) in [5.41, 5.74) is 1.05. The molecule has 17 heavy (non-hydrogen) atoms. The topological polar surface area (TPSA) is 63.6 Å². The number of sulfone groups is 1. The van der Waals surface area contributed by atoms with Crippen molar-refractivity contribution in [2.24, 2.45) is 0 Å². The first-order valence-electron chi connectivity index (χ1n) is 5.51. The molecule has 5 heteroatoms. The van der Waals surface area contributed by atoms with Crippen LogP contribution in [0.1, 0.15) is 12.0 Å². The summed E-state index contributed by atoms with van der Waals surface area (Å²) in [6, 6.07) is 7.43. The maximum atomic E-state index is 10.9. The number of ether oxygens (including phenoxy) is 1. The van der Waals surface area contributed by atoms with Crippen LogP contribution in [0.25, 0.3) is 0 Å². The minimum atomic E-state index is -2.90. The van der Waals surface area contributed by atoms with Crippen LogP contribution in [0.3, 0.4) is 0 Å². The first kappa shape index (κ1) is 14.0. The van der Waals surface area contributed by atoms with Crippen LogP contribution in [0, 0.1) is 0 Å². The van der Waals surface area contributed by atoms with Gasteiger partial charge in [-0.3, -0.25) is 0 Å². The largest absolute Gasteiger partial charge is 0.494 e. The number of hydrogen-bond acceptors (Lipinski definition) is 4. The van der Waals surface area contributed by atoms with E-state index in [0.717, 1.165) is 11.3 Å². The number of hydrogen-bond donors (Lipinski definition) is 1. The molecule has 0 amide bonds. The summed E-state index contributed by atoms with van der Waals surface area (Å²) >= 11 is 0. The normalized spacial score (nSPS) is 11.4. The zero-order valence-electron chi connectivity index (χ0n) is 9.93. The van der Waals surface area contributed by atoms with Gasteiger partial charge in [0.15, 0.2) is 0 Å². The molecule has 0 fully saturated rings. The lowest BCUT2D eigenvalue weighted by Gasteiger charge is -2.06. The van der Waals surface area contributed by atoms with Gasteiger partial charge in [0.1, 0.15) is 15.6 Å². The van der Waals surface area contributed by atoms with Crippen molar-refractivity contribution in [3.05, 3.63) is 29.8 Å². The van der Waals surface area contributed by atoms with Crippen LogP contribution < -0.4 is 4.74 Å². The van der Waals surface area contributed by atoms with Crippen LogP contribution in [0.4, 0.5) is 0 Å². The minimum absolute atomic E-state index is 0.133. The zero-order valence-corrected chi connectivity index (χ0v) is 10.7. The van der Waals surface area contributed by atoms with E-state index in [0.29, 0.717) is 19.4 Å². The molecule has 0 bridgehead atoms. The Kier molecular flexibility index (Phi) is 5.44. The van der Waals surface area contributed by atoms with Gasteiger partial charge in [-0.15, -0.1) is 0 Å². The molecule has 0 atom stereocenters. The molecule has 0 unspecified atom stereocenters. The van der Waals surface area contributed by atoms with Gasteiger partial charge >= 0.3 is 0 Å². The number of aliphatic hydroxyl groups excluding tert-OH is 1. The Hall–Kier alpha value is -1.07. The summed E-state index contributed by atoms with van der Waals surface area (Å²) in [7, 11) is -2.90. The van der Waals surface area contributed by atoms with E-state index < -0.39 is 9.84 Å². The molecule has 1 aromatic carbocycles. The molecule has 0 spiro atoms. The zero-order chi connectivity index (χ0) is 12.7. The second kappa shape index (κ2) is 6.61. The fraction of sp³-hybridized carbons (Fsp3) is 0.500. The van der Waals surface area contributed by atoms with Crippen molar-refractivity contribution in [3.63, 3.8) is 0 Å². The van der Waals surface area contributed by atoms with Gasteiger partial charge < -0.3 is 9.84 Å². The Labute approximate surface area is 102 Å². The SMILES string of the molecule is CS(=O)(=O)CCCOc1ccc(CCO)cc1. The van der Waals surface area contributed by atoms with Crippen molar-refractivity contribution < 1.29 is 18.3 Å². The van der Waals surface area contributed by atoms with E-state index in [9.17, 15) is 8.42 Å². The van der Waals surface area contributed by atoms with Crippen LogP contribution >= 0.6 is 0 Å². The van der Waals surface area contributed by atoms with Gasteiger partial charge in [0.05, 0.1) is 12.4 Å². The number of rotatable bonds is 7. The Morgan fingerprint density at radius 2 is 1.88 bits per heavy atom. The molecule has 1 N–H and O–H groups in total. The summed E-state index contributed by atoms with van der Waals surface area (Å²) in [4.78, 5) is 0. The van der Waals surface area contributed by atoms with E-state index in [1.54, 1.807) is 0 Å². The van der Waals surface area contributed by atoms with Crippen molar-refractivity contribution in [3.8, 4) is 5.75 Å². The van der Waals surface area contributed by atoms with E-state index in [4.69, 9.17) is 9.84 Å². The fourth-order valence-electron chi connectivity index (χ4n) is 1.39. The van der Waals surface area contributed by atoms with E-state index in [2.05, 4.69) is 0 Å². The average molecular weight is 258 g/mol. The van der Waals surface area contributed by atoms with E-state index >= 15 is 0 Å². The van der Waals surface area contributed by atoms with Gasteiger partial charge in [-0.2, -0.15) is 0 Å². The van der Waals surface area contributed by atoms with Crippen LogP contribution in [0.2, 0.25) is 0 Å². The van der Waals surface area contributed by atoms with E-state index in [-0.39, 0.29) is 12.4 Å². The molecule has 0 heterocycles. The highest BCUT2D eigenvalue weighted by Gasteiger charge is 2.01. The highest BCUT2D eigenvalue weighted by Crippen LogP contribution is 2.12.